The smallest absolute Gasteiger partial charge is 0.249 e. The average Bonchev–Trinajstić information content (AvgIpc) is 3.17. The summed E-state index contributed by atoms with van der Waals surface area (Å²) in [5.74, 6) is 0.00823. The number of imidazole rings is 1. The van der Waals surface area contributed by atoms with Gasteiger partial charge in [0.1, 0.15) is 0 Å². The van der Waals surface area contributed by atoms with E-state index in [0.717, 1.165) is 28.9 Å². The number of carbonyl (C=O) groups is 1. The van der Waals surface area contributed by atoms with Crippen molar-refractivity contribution in [1.82, 2.24) is 20.4 Å². The summed E-state index contributed by atoms with van der Waals surface area (Å²) in [5, 5.41) is 2.32. The maximum Gasteiger partial charge on any atom is 0.249 e. The van der Waals surface area contributed by atoms with Crippen LogP contribution in [0.15, 0.2) is 65.8 Å². The lowest BCUT2D eigenvalue weighted by molar-refractivity contribution is -0.121. The molecule has 0 spiro atoms. The predicted octanol–water partition coefficient (Wildman–Crippen LogP) is 3.82. The topological polar surface area (TPSA) is 87.0 Å². The van der Waals surface area contributed by atoms with Gasteiger partial charge in [-0.15, -0.1) is 0 Å². The van der Waals surface area contributed by atoms with Crippen LogP contribution in [0.4, 0.5) is 0 Å². The number of nitrogens with two attached hydrogens (primary N) is 1. The van der Waals surface area contributed by atoms with Crippen LogP contribution in [0.5, 0.6) is 0 Å². The van der Waals surface area contributed by atoms with E-state index in [0.29, 0.717) is 11.7 Å². The van der Waals surface area contributed by atoms with Gasteiger partial charge in [0, 0.05) is 17.7 Å². The number of carbonyl (C=O) groups excluding carboxylic acids is 1. The number of nitrogens with one attached hydrogen (secondary N) is 2. The van der Waals surface area contributed by atoms with Crippen molar-refractivity contribution in [2.24, 2.45) is 5.73 Å². The Morgan fingerprint density at radius 3 is 2.34 bits per heavy atom. The summed E-state index contributed by atoms with van der Waals surface area (Å²) >= 11 is 6.31. The number of aromatic amines is 1. The van der Waals surface area contributed by atoms with Crippen LogP contribution in [0.25, 0.3) is 22.5 Å². The molecule has 0 aliphatic heterocycles. The summed E-state index contributed by atoms with van der Waals surface area (Å²) in [5.41, 5.74) is 12.2. The van der Waals surface area contributed by atoms with E-state index in [9.17, 15) is 4.79 Å². The van der Waals surface area contributed by atoms with Crippen molar-refractivity contribution < 1.29 is 4.79 Å². The number of hydrogen-bond acceptors (Lipinski definition) is 4. The highest BCUT2D eigenvalue weighted by Crippen LogP contribution is 2.32. The summed E-state index contributed by atoms with van der Waals surface area (Å²) in [7, 11) is 0. The maximum atomic E-state index is 12.3. The molecule has 0 saturated heterocycles. The van der Waals surface area contributed by atoms with Gasteiger partial charge in [-0.25, -0.2) is 4.98 Å². The number of amides is 1. The minimum atomic E-state index is -0.185. The second kappa shape index (κ2) is 10.1. The van der Waals surface area contributed by atoms with Crippen molar-refractivity contribution in [3.05, 3.63) is 60.7 Å². The van der Waals surface area contributed by atoms with Crippen LogP contribution in [-0.4, -0.2) is 38.3 Å². The van der Waals surface area contributed by atoms with Crippen LogP contribution in [0.1, 0.15) is 13.3 Å². The van der Waals surface area contributed by atoms with Crippen molar-refractivity contribution in [2.75, 3.05) is 12.3 Å². The Hall–Kier alpha value is -2.84. The first-order valence-electron chi connectivity index (χ1n) is 9.28. The summed E-state index contributed by atoms with van der Waals surface area (Å²) in [6.07, 6.45) is 0.823. The molecule has 8 heteroatoms. The van der Waals surface area contributed by atoms with E-state index in [1.54, 1.807) is 0 Å². The highest BCUT2D eigenvalue weighted by Gasteiger charge is 2.16. The first-order valence-corrected chi connectivity index (χ1v) is 10.7. The van der Waals surface area contributed by atoms with Gasteiger partial charge in [-0.05, 0) is 18.6 Å². The van der Waals surface area contributed by atoms with Gasteiger partial charge in [-0.3, -0.25) is 15.2 Å². The zero-order chi connectivity index (χ0) is 20.6. The molecule has 0 fully saturated rings. The molecule has 2 aromatic carbocycles. The average molecular weight is 426 g/mol. The van der Waals surface area contributed by atoms with Crippen molar-refractivity contribution >= 4 is 35.0 Å². The van der Waals surface area contributed by atoms with Gasteiger partial charge >= 0.3 is 0 Å². The zero-order valence-corrected chi connectivity index (χ0v) is 17.7. The lowest BCUT2D eigenvalue weighted by atomic mass is 10.1. The number of H-pyrrole nitrogens is 1. The molecule has 1 aromatic heterocycles. The molecule has 29 heavy (non-hydrogen) atoms. The van der Waals surface area contributed by atoms with Crippen LogP contribution >= 0.6 is 24.0 Å². The molecule has 150 valence electrons. The minimum Gasteiger partial charge on any atom is -0.375 e. The molecule has 4 N–H and O–H groups in total. The Kier molecular flexibility index (Phi) is 7.26. The minimum absolute atomic E-state index is 0.154. The standard InChI is InChI=1S/C21H23N5OS2/c1-2-13-26(20(22)28)25-17(27)14-29-21-23-18(15-9-5-3-6-10-15)19(24-21)16-11-7-4-8-12-16/h3-12H,2,13-14H2,1H3,(H2,22,28)(H,23,24)(H,25,27). The molecule has 3 rings (SSSR count). The van der Waals surface area contributed by atoms with E-state index in [-0.39, 0.29) is 16.8 Å². The molecular weight excluding hydrogens is 402 g/mol. The summed E-state index contributed by atoms with van der Waals surface area (Å²) < 4.78 is 0. The SMILES string of the molecule is CCCN(NC(=O)CSc1nc(-c2ccccc2)c(-c2ccccc2)[nH]1)C(N)=S. The molecule has 0 radical (unpaired) electrons. The molecule has 1 heterocycles. The van der Waals surface area contributed by atoms with Gasteiger partial charge in [-0.2, -0.15) is 0 Å². The number of thioether (sulfide) groups is 1. The largest absolute Gasteiger partial charge is 0.375 e. The maximum absolute atomic E-state index is 12.3. The molecule has 0 unspecified atom stereocenters. The molecule has 1 amide bonds. The fourth-order valence-electron chi connectivity index (χ4n) is 2.80. The van der Waals surface area contributed by atoms with Crippen LogP contribution in [0.3, 0.4) is 0 Å². The van der Waals surface area contributed by atoms with Gasteiger partial charge in [0.2, 0.25) is 5.91 Å². The number of rotatable bonds is 7. The second-order valence-corrected chi connectivity index (χ2v) is 7.69. The van der Waals surface area contributed by atoms with E-state index in [1.807, 2.05) is 67.6 Å². The van der Waals surface area contributed by atoms with Gasteiger partial charge in [0.15, 0.2) is 10.3 Å². The van der Waals surface area contributed by atoms with Crippen LogP contribution in [-0.2, 0) is 4.79 Å². The Bertz CT molecular complexity index is 903. The number of hydrogen-bond donors (Lipinski definition) is 3. The predicted molar refractivity (Wildman–Crippen MR) is 122 cm³/mol. The quantitative estimate of drug-likeness (QED) is 0.303. The van der Waals surface area contributed by atoms with Crippen LogP contribution in [0, 0.1) is 0 Å². The lowest BCUT2D eigenvalue weighted by Gasteiger charge is -2.22. The van der Waals surface area contributed by atoms with E-state index in [2.05, 4.69) is 10.4 Å². The third kappa shape index (κ3) is 5.58. The van der Waals surface area contributed by atoms with Gasteiger partial charge in [0.05, 0.1) is 17.1 Å². The van der Waals surface area contributed by atoms with E-state index in [4.69, 9.17) is 22.9 Å². The molecular formula is C21H23N5OS2. The first kappa shape index (κ1) is 20.9. The van der Waals surface area contributed by atoms with Crippen molar-refractivity contribution in [3.8, 4) is 22.5 Å². The Labute approximate surface area is 179 Å². The number of nitrogens with zero attached hydrogens (tertiary/aromatic N) is 2. The number of hydrazine groups is 1. The molecule has 0 aliphatic rings. The Morgan fingerprint density at radius 2 is 1.76 bits per heavy atom. The number of aromatic nitrogens is 2. The van der Waals surface area contributed by atoms with Crippen molar-refractivity contribution in [3.63, 3.8) is 0 Å². The summed E-state index contributed by atoms with van der Waals surface area (Å²) in [6, 6.07) is 20.0. The van der Waals surface area contributed by atoms with Gasteiger partial charge in [-0.1, -0.05) is 79.3 Å². The molecule has 0 atom stereocenters. The molecule has 0 bridgehead atoms. The van der Waals surface area contributed by atoms with E-state index < -0.39 is 0 Å². The fraction of sp³-hybridized carbons (Fsp3) is 0.190. The van der Waals surface area contributed by atoms with Gasteiger partial charge in [0.25, 0.3) is 0 Å². The third-order valence-electron chi connectivity index (χ3n) is 4.10. The Morgan fingerprint density at radius 1 is 1.14 bits per heavy atom. The monoisotopic (exact) mass is 425 g/mol. The normalized spacial score (nSPS) is 10.5. The Balaban J connectivity index is 1.77. The molecule has 6 nitrogen and oxygen atoms in total. The highest BCUT2D eigenvalue weighted by atomic mass is 32.2. The van der Waals surface area contributed by atoms with Crippen molar-refractivity contribution in [1.29, 1.82) is 0 Å². The number of benzene rings is 2. The van der Waals surface area contributed by atoms with E-state index in [1.165, 1.54) is 16.8 Å². The van der Waals surface area contributed by atoms with Crippen molar-refractivity contribution in [2.45, 2.75) is 18.5 Å². The summed E-state index contributed by atoms with van der Waals surface area (Å²) in [6.45, 7) is 2.56. The van der Waals surface area contributed by atoms with Crippen LogP contribution < -0.4 is 11.2 Å². The second-order valence-electron chi connectivity index (χ2n) is 6.31. The molecule has 0 aliphatic carbocycles. The third-order valence-corrected chi connectivity index (χ3v) is 5.20. The van der Waals surface area contributed by atoms with E-state index >= 15 is 0 Å². The molecule has 3 aromatic rings. The lowest BCUT2D eigenvalue weighted by Crippen LogP contribution is -2.49. The highest BCUT2D eigenvalue weighted by molar-refractivity contribution is 7.99. The zero-order valence-electron chi connectivity index (χ0n) is 16.1. The first-order chi connectivity index (χ1) is 14.1. The molecule has 0 saturated carbocycles. The van der Waals surface area contributed by atoms with Crippen LogP contribution in [0.2, 0.25) is 0 Å². The van der Waals surface area contributed by atoms with Gasteiger partial charge < -0.3 is 10.7 Å². The number of thiocarbonyl (C=S) groups is 1. The summed E-state index contributed by atoms with van der Waals surface area (Å²) in [4.78, 5) is 20.4. The fourth-order valence-corrected chi connectivity index (χ4v) is 3.60.